The molecule has 0 unspecified atom stereocenters. The molecular weight excluding hydrogens is 331 g/mol. The van der Waals surface area contributed by atoms with Gasteiger partial charge in [0.05, 0.1) is 4.92 Å². The maximum Gasteiger partial charge on any atom is 0.309 e. The van der Waals surface area contributed by atoms with Crippen molar-refractivity contribution in [3.8, 4) is 0 Å². The Morgan fingerprint density at radius 1 is 1.17 bits per heavy atom. The van der Waals surface area contributed by atoms with Gasteiger partial charge in [-0.2, -0.15) is 0 Å². The minimum absolute atomic E-state index is 0.645. The summed E-state index contributed by atoms with van der Waals surface area (Å²) in [5, 5.41) is 14.6. The summed E-state index contributed by atoms with van der Waals surface area (Å²) in [6, 6.07) is 1.37. The van der Waals surface area contributed by atoms with E-state index < -0.39 is 44.5 Å². The summed E-state index contributed by atoms with van der Waals surface area (Å²) in [7, 11) is -3.80. The van der Waals surface area contributed by atoms with E-state index in [0.29, 0.717) is 6.07 Å². The number of nitrogens with zero attached hydrogens (tertiary/aromatic N) is 1. The van der Waals surface area contributed by atoms with Crippen LogP contribution in [0.25, 0.3) is 0 Å². The highest BCUT2D eigenvalue weighted by Crippen LogP contribution is 2.37. The molecule has 0 amide bonds. The van der Waals surface area contributed by atoms with Gasteiger partial charge in [0.2, 0.25) is 10.0 Å². The first-order valence-corrected chi connectivity index (χ1v) is 8.14. The summed E-state index contributed by atoms with van der Waals surface area (Å²) in [5.41, 5.74) is -1.14. The molecular formula is C6H4Cl2N2O6S2. The van der Waals surface area contributed by atoms with Crippen molar-refractivity contribution in [2.75, 3.05) is 0 Å². The Kier molecular flexibility index (Phi) is 3.89. The fraction of sp³-hybridized carbons (Fsp3) is 0. The molecule has 0 spiro atoms. The lowest BCUT2D eigenvalue weighted by Crippen LogP contribution is -2.14. The second-order valence-corrected chi connectivity index (χ2v) is 7.41. The third-order valence-electron chi connectivity index (χ3n) is 1.80. The zero-order valence-corrected chi connectivity index (χ0v) is 11.3. The number of benzene rings is 1. The van der Waals surface area contributed by atoms with E-state index in [4.69, 9.17) is 27.4 Å². The first-order chi connectivity index (χ1) is 7.96. The third-order valence-corrected chi connectivity index (χ3v) is 4.60. The van der Waals surface area contributed by atoms with Crippen LogP contribution in [0.5, 0.6) is 0 Å². The molecule has 0 aliphatic heterocycles. The molecule has 0 heterocycles. The minimum Gasteiger partial charge on any atom is -0.258 e. The number of hydrogen-bond acceptors (Lipinski definition) is 6. The van der Waals surface area contributed by atoms with Crippen molar-refractivity contribution in [1.29, 1.82) is 0 Å². The normalized spacial score (nSPS) is 12.4. The fourth-order valence-electron chi connectivity index (χ4n) is 1.11. The van der Waals surface area contributed by atoms with E-state index in [2.05, 4.69) is 0 Å². The van der Waals surface area contributed by atoms with Crippen molar-refractivity contribution >= 4 is 47.0 Å². The maximum absolute atomic E-state index is 11.1. The van der Waals surface area contributed by atoms with Gasteiger partial charge < -0.3 is 0 Å². The number of halogens is 2. The lowest BCUT2D eigenvalue weighted by molar-refractivity contribution is -0.387. The molecule has 1 aromatic carbocycles. The van der Waals surface area contributed by atoms with Crippen molar-refractivity contribution in [3.63, 3.8) is 0 Å². The molecule has 1 rings (SSSR count). The molecule has 8 nitrogen and oxygen atoms in total. The quantitative estimate of drug-likeness (QED) is 0.493. The molecule has 0 saturated heterocycles. The number of rotatable bonds is 3. The fourth-order valence-corrected chi connectivity index (χ4v) is 3.34. The van der Waals surface area contributed by atoms with Gasteiger partial charge >= 0.3 is 5.69 Å². The van der Waals surface area contributed by atoms with Gasteiger partial charge in [0.25, 0.3) is 9.05 Å². The van der Waals surface area contributed by atoms with Gasteiger partial charge in [0.15, 0.2) is 4.90 Å². The molecule has 12 heteroatoms. The standard InChI is InChI=1S/C6H4Cl2N2O6S2/c7-5-3(18(9,15)16)1-2-4(17(8,13)14)6(5)10(11)12/h1-2H,(H2,9,15,16). The molecule has 0 atom stereocenters. The second kappa shape index (κ2) is 4.63. The average molecular weight is 335 g/mol. The second-order valence-electron chi connectivity index (χ2n) is 2.96. The number of nitro groups is 1. The van der Waals surface area contributed by atoms with Gasteiger partial charge in [-0.3, -0.25) is 10.1 Å². The van der Waals surface area contributed by atoms with Crippen molar-refractivity contribution in [3.05, 3.63) is 27.3 Å². The average Bonchev–Trinajstić information content (AvgIpc) is 2.12. The maximum atomic E-state index is 11.1. The van der Waals surface area contributed by atoms with Crippen LogP contribution in [0.3, 0.4) is 0 Å². The van der Waals surface area contributed by atoms with E-state index in [-0.39, 0.29) is 0 Å². The monoisotopic (exact) mass is 334 g/mol. The Morgan fingerprint density at radius 3 is 1.94 bits per heavy atom. The van der Waals surface area contributed by atoms with Crippen molar-refractivity contribution in [1.82, 2.24) is 0 Å². The van der Waals surface area contributed by atoms with Gasteiger partial charge in [-0.1, -0.05) is 11.6 Å². The molecule has 0 fully saturated rings. The molecule has 0 aliphatic carbocycles. The molecule has 0 saturated carbocycles. The van der Waals surface area contributed by atoms with E-state index in [1.807, 2.05) is 0 Å². The topological polar surface area (TPSA) is 137 Å². The van der Waals surface area contributed by atoms with Crippen LogP contribution in [-0.2, 0) is 19.1 Å². The Balaban J connectivity index is 3.87. The third kappa shape index (κ3) is 2.90. The first-order valence-electron chi connectivity index (χ1n) is 3.90. The summed E-state index contributed by atoms with van der Waals surface area (Å²) in [5.74, 6) is 0. The lowest BCUT2D eigenvalue weighted by Gasteiger charge is -2.05. The molecule has 100 valence electrons. The Morgan fingerprint density at radius 2 is 1.61 bits per heavy atom. The number of sulfonamides is 1. The van der Waals surface area contributed by atoms with E-state index in [9.17, 15) is 26.9 Å². The smallest absolute Gasteiger partial charge is 0.258 e. The molecule has 0 radical (unpaired) electrons. The highest BCUT2D eigenvalue weighted by Gasteiger charge is 2.31. The zero-order valence-electron chi connectivity index (χ0n) is 8.20. The van der Waals surface area contributed by atoms with Gasteiger partial charge in [-0.05, 0) is 12.1 Å². The Labute approximate surface area is 111 Å². The summed E-state index contributed by atoms with van der Waals surface area (Å²) in [6.07, 6.45) is 0. The Hall–Kier alpha value is -0.940. The zero-order chi connectivity index (χ0) is 14.3. The van der Waals surface area contributed by atoms with Gasteiger partial charge in [-0.15, -0.1) is 0 Å². The Bertz CT molecular complexity index is 727. The van der Waals surface area contributed by atoms with Crippen LogP contribution in [0.15, 0.2) is 21.9 Å². The van der Waals surface area contributed by atoms with Crippen LogP contribution in [-0.4, -0.2) is 21.8 Å². The molecule has 0 aliphatic rings. The predicted octanol–water partition coefficient (Wildman–Crippen LogP) is 0.823. The molecule has 0 aromatic heterocycles. The van der Waals surface area contributed by atoms with Crippen LogP contribution in [0.4, 0.5) is 5.69 Å². The molecule has 1 aromatic rings. The number of hydrogen-bond donors (Lipinski definition) is 1. The van der Waals surface area contributed by atoms with Crippen LogP contribution >= 0.6 is 22.3 Å². The van der Waals surface area contributed by atoms with E-state index in [0.717, 1.165) is 6.07 Å². The van der Waals surface area contributed by atoms with Crippen molar-refractivity contribution in [2.24, 2.45) is 5.14 Å². The van der Waals surface area contributed by atoms with Gasteiger partial charge in [-0.25, -0.2) is 22.0 Å². The van der Waals surface area contributed by atoms with E-state index in [1.165, 1.54) is 0 Å². The van der Waals surface area contributed by atoms with Crippen molar-refractivity contribution in [2.45, 2.75) is 9.79 Å². The summed E-state index contributed by atoms with van der Waals surface area (Å²) >= 11 is 5.48. The lowest BCUT2D eigenvalue weighted by atomic mass is 10.3. The van der Waals surface area contributed by atoms with Gasteiger partial charge in [0, 0.05) is 10.7 Å². The van der Waals surface area contributed by atoms with Crippen LogP contribution in [0, 0.1) is 10.1 Å². The summed E-state index contributed by atoms with van der Waals surface area (Å²) < 4.78 is 44.3. The number of nitrogens with two attached hydrogens (primary N) is 1. The largest absolute Gasteiger partial charge is 0.309 e. The van der Waals surface area contributed by atoms with E-state index >= 15 is 0 Å². The highest BCUT2D eigenvalue weighted by molar-refractivity contribution is 8.13. The van der Waals surface area contributed by atoms with Crippen LogP contribution < -0.4 is 5.14 Å². The van der Waals surface area contributed by atoms with E-state index in [1.54, 1.807) is 0 Å². The molecule has 18 heavy (non-hydrogen) atoms. The highest BCUT2D eigenvalue weighted by atomic mass is 35.7. The number of primary sulfonamides is 1. The first kappa shape index (κ1) is 15.1. The van der Waals surface area contributed by atoms with Gasteiger partial charge in [0.1, 0.15) is 9.92 Å². The summed E-state index contributed by atoms with van der Waals surface area (Å²) in [6.45, 7) is 0. The molecule has 0 bridgehead atoms. The predicted molar refractivity (Wildman–Crippen MR) is 62.5 cm³/mol. The molecule has 2 N–H and O–H groups in total. The van der Waals surface area contributed by atoms with Crippen molar-refractivity contribution < 1.29 is 21.8 Å². The number of nitro benzene ring substituents is 1. The summed E-state index contributed by atoms with van der Waals surface area (Å²) in [4.78, 5) is 7.90. The van der Waals surface area contributed by atoms with Crippen LogP contribution in [0.1, 0.15) is 0 Å². The van der Waals surface area contributed by atoms with Crippen LogP contribution in [0.2, 0.25) is 5.02 Å². The minimum atomic E-state index is -4.45. The SMILES string of the molecule is NS(=O)(=O)c1ccc(S(=O)(=O)Cl)c([N+](=O)[O-])c1Cl.